The van der Waals surface area contributed by atoms with E-state index in [0.717, 1.165) is 0 Å². The van der Waals surface area contributed by atoms with Gasteiger partial charge in [-0.3, -0.25) is 0 Å². The van der Waals surface area contributed by atoms with Gasteiger partial charge in [0.2, 0.25) is 10.0 Å². The number of nitrogens with zero attached hydrogens (tertiary/aromatic N) is 1. The van der Waals surface area contributed by atoms with Gasteiger partial charge in [0, 0.05) is 19.2 Å². The largest absolute Gasteiger partial charge is 0.493 e. The second-order valence-corrected chi connectivity index (χ2v) is 6.61. The summed E-state index contributed by atoms with van der Waals surface area (Å²) in [7, 11) is 0.291. The molecular formula is C16H23NO6S. The first-order chi connectivity index (χ1) is 11.3. The minimum atomic E-state index is -3.76. The smallest absolute Gasteiger partial charge is 0.330 e. The van der Waals surface area contributed by atoms with Crippen molar-refractivity contribution in [3.63, 3.8) is 0 Å². The molecule has 1 aromatic rings. The molecular weight excluding hydrogens is 334 g/mol. The van der Waals surface area contributed by atoms with Gasteiger partial charge in [-0.05, 0) is 23.8 Å². The zero-order chi connectivity index (χ0) is 18.3. The van der Waals surface area contributed by atoms with Crippen LogP contribution in [0.3, 0.4) is 0 Å². The summed E-state index contributed by atoms with van der Waals surface area (Å²) in [6.07, 6.45) is 2.66. The number of esters is 1. The van der Waals surface area contributed by atoms with Crippen molar-refractivity contribution in [2.24, 2.45) is 0 Å². The summed E-state index contributed by atoms with van der Waals surface area (Å²) in [5.74, 6) is -0.159. The molecule has 0 spiro atoms. The molecule has 0 aromatic heterocycles. The standard InChI is InChI=1S/C16H23NO6S/c1-6-17(7-2)24(19,20)14-11-12(8-9-15(18)22-4)10-13(21-3)16(14)23-5/h8-11H,6-7H2,1-5H3/b9-8+. The van der Waals surface area contributed by atoms with Crippen LogP contribution < -0.4 is 9.47 Å². The van der Waals surface area contributed by atoms with E-state index in [2.05, 4.69) is 4.74 Å². The van der Waals surface area contributed by atoms with Crippen molar-refractivity contribution >= 4 is 22.1 Å². The zero-order valence-electron chi connectivity index (χ0n) is 14.5. The van der Waals surface area contributed by atoms with Crippen molar-refractivity contribution in [2.45, 2.75) is 18.7 Å². The molecule has 0 amide bonds. The molecule has 0 aliphatic rings. The molecule has 0 saturated carbocycles. The van der Waals surface area contributed by atoms with Crippen LogP contribution >= 0.6 is 0 Å². The van der Waals surface area contributed by atoms with Crippen molar-refractivity contribution < 1.29 is 27.4 Å². The van der Waals surface area contributed by atoms with Crippen molar-refractivity contribution in [3.8, 4) is 11.5 Å². The second kappa shape index (κ2) is 8.70. The quantitative estimate of drug-likeness (QED) is 0.522. The lowest BCUT2D eigenvalue weighted by atomic mass is 10.2. The Balaban J connectivity index is 3.57. The minimum absolute atomic E-state index is 0.0161. The monoisotopic (exact) mass is 357 g/mol. The Labute approximate surface area is 142 Å². The molecule has 8 heteroatoms. The van der Waals surface area contributed by atoms with Gasteiger partial charge in [-0.1, -0.05) is 13.8 Å². The fraction of sp³-hybridized carbons (Fsp3) is 0.438. The van der Waals surface area contributed by atoms with E-state index in [1.165, 1.54) is 43.9 Å². The maximum Gasteiger partial charge on any atom is 0.330 e. The molecule has 1 aromatic carbocycles. The van der Waals surface area contributed by atoms with Crippen LogP contribution in [0.4, 0.5) is 0 Å². The van der Waals surface area contributed by atoms with E-state index in [1.54, 1.807) is 19.9 Å². The summed E-state index contributed by atoms with van der Waals surface area (Å²) in [6.45, 7) is 4.16. The average Bonchev–Trinajstić information content (AvgIpc) is 2.59. The number of rotatable bonds is 8. The highest BCUT2D eigenvalue weighted by molar-refractivity contribution is 7.89. The lowest BCUT2D eigenvalue weighted by Gasteiger charge is -2.21. The molecule has 0 saturated heterocycles. The molecule has 134 valence electrons. The average molecular weight is 357 g/mol. The summed E-state index contributed by atoms with van der Waals surface area (Å²) in [5.41, 5.74) is 0.476. The Morgan fingerprint density at radius 3 is 2.21 bits per heavy atom. The third kappa shape index (κ3) is 4.27. The van der Waals surface area contributed by atoms with Crippen LogP contribution in [-0.2, 0) is 19.6 Å². The van der Waals surface area contributed by atoms with Crippen molar-refractivity contribution in [1.82, 2.24) is 4.31 Å². The molecule has 0 unspecified atom stereocenters. The van der Waals surface area contributed by atoms with Gasteiger partial charge in [0.1, 0.15) is 4.90 Å². The Morgan fingerprint density at radius 2 is 1.75 bits per heavy atom. The Kier molecular flexibility index (Phi) is 7.24. The lowest BCUT2D eigenvalue weighted by Crippen LogP contribution is -2.31. The van der Waals surface area contributed by atoms with Crippen LogP contribution in [0.1, 0.15) is 19.4 Å². The molecule has 0 fully saturated rings. The second-order valence-electron chi connectivity index (χ2n) is 4.70. The molecule has 0 N–H and O–H groups in total. The number of methoxy groups -OCH3 is 3. The van der Waals surface area contributed by atoms with Gasteiger partial charge in [0.15, 0.2) is 11.5 Å². The van der Waals surface area contributed by atoms with E-state index >= 15 is 0 Å². The van der Waals surface area contributed by atoms with Gasteiger partial charge in [0.05, 0.1) is 21.3 Å². The first-order valence-corrected chi connectivity index (χ1v) is 8.81. The highest BCUT2D eigenvalue weighted by Crippen LogP contribution is 2.37. The van der Waals surface area contributed by atoms with E-state index in [4.69, 9.17) is 9.47 Å². The molecule has 1 rings (SSSR count). The van der Waals surface area contributed by atoms with E-state index < -0.39 is 16.0 Å². The molecule has 24 heavy (non-hydrogen) atoms. The predicted molar refractivity (Wildman–Crippen MR) is 90.7 cm³/mol. The van der Waals surface area contributed by atoms with Gasteiger partial charge >= 0.3 is 5.97 Å². The number of ether oxygens (including phenoxy) is 3. The summed E-state index contributed by atoms with van der Waals surface area (Å²) in [5, 5.41) is 0. The van der Waals surface area contributed by atoms with Crippen LogP contribution in [0.5, 0.6) is 11.5 Å². The molecule has 0 aliphatic carbocycles. The first-order valence-electron chi connectivity index (χ1n) is 7.37. The van der Waals surface area contributed by atoms with Crippen molar-refractivity contribution in [1.29, 1.82) is 0 Å². The molecule has 0 atom stereocenters. The topological polar surface area (TPSA) is 82.1 Å². The number of benzene rings is 1. The van der Waals surface area contributed by atoms with Crippen LogP contribution in [-0.4, -0.2) is 53.1 Å². The summed E-state index contributed by atoms with van der Waals surface area (Å²) >= 11 is 0. The number of hydrogen-bond acceptors (Lipinski definition) is 6. The van der Waals surface area contributed by atoms with Crippen molar-refractivity contribution in [3.05, 3.63) is 23.8 Å². The fourth-order valence-corrected chi connectivity index (χ4v) is 3.83. The number of carbonyl (C=O) groups excluding carboxylic acids is 1. The van der Waals surface area contributed by atoms with Crippen LogP contribution in [0.15, 0.2) is 23.1 Å². The third-order valence-corrected chi connectivity index (χ3v) is 5.46. The first kappa shape index (κ1) is 20.0. The number of carbonyl (C=O) groups is 1. The summed E-state index contributed by atoms with van der Waals surface area (Å²) < 4.78 is 42.1. The predicted octanol–water partition coefficient (Wildman–Crippen LogP) is 1.92. The van der Waals surface area contributed by atoms with Gasteiger partial charge in [0.25, 0.3) is 0 Å². The molecule has 0 heterocycles. The fourth-order valence-electron chi connectivity index (χ4n) is 2.17. The van der Waals surface area contributed by atoms with E-state index in [1.807, 2.05) is 0 Å². The van der Waals surface area contributed by atoms with Crippen molar-refractivity contribution in [2.75, 3.05) is 34.4 Å². The molecule has 7 nitrogen and oxygen atoms in total. The van der Waals surface area contributed by atoms with Gasteiger partial charge < -0.3 is 14.2 Å². The maximum atomic E-state index is 12.9. The highest BCUT2D eigenvalue weighted by Gasteiger charge is 2.28. The van der Waals surface area contributed by atoms with Gasteiger partial charge in [-0.15, -0.1) is 0 Å². The Bertz CT molecular complexity index is 708. The van der Waals surface area contributed by atoms with Crippen LogP contribution in [0.2, 0.25) is 0 Å². The van der Waals surface area contributed by atoms with Gasteiger partial charge in [-0.25, -0.2) is 13.2 Å². The van der Waals surface area contributed by atoms with Crippen LogP contribution in [0, 0.1) is 0 Å². The summed E-state index contributed by atoms with van der Waals surface area (Å²) in [4.78, 5) is 11.2. The SMILES string of the molecule is CCN(CC)S(=O)(=O)c1cc(/C=C/C(=O)OC)cc(OC)c1OC. The van der Waals surface area contributed by atoms with Crippen LogP contribution in [0.25, 0.3) is 6.08 Å². The normalized spacial score (nSPS) is 11.8. The molecule has 0 bridgehead atoms. The third-order valence-electron chi connectivity index (χ3n) is 3.40. The van der Waals surface area contributed by atoms with Gasteiger partial charge in [-0.2, -0.15) is 4.31 Å². The Hall–Kier alpha value is -2.06. The van der Waals surface area contributed by atoms with E-state index in [9.17, 15) is 13.2 Å². The summed E-state index contributed by atoms with van der Waals surface area (Å²) in [6, 6.07) is 3.02. The highest BCUT2D eigenvalue weighted by atomic mass is 32.2. The maximum absolute atomic E-state index is 12.9. The number of sulfonamides is 1. The van der Waals surface area contributed by atoms with E-state index in [-0.39, 0.29) is 16.4 Å². The minimum Gasteiger partial charge on any atom is -0.493 e. The zero-order valence-corrected chi connectivity index (χ0v) is 15.3. The number of hydrogen-bond donors (Lipinski definition) is 0. The lowest BCUT2D eigenvalue weighted by molar-refractivity contribution is -0.134. The molecule has 0 aliphatic heterocycles. The molecule has 0 radical (unpaired) electrons. The van der Waals surface area contributed by atoms with E-state index in [0.29, 0.717) is 18.7 Å². The Morgan fingerprint density at radius 1 is 1.12 bits per heavy atom.